The largest absolute Gasteiger partial charge is 0.478 e. The number of ether oxygens (including phenoxy) is 1. The summed E-state index contributed by atoms with van der Waals surface area (Å²) in [6, 6.07) is 3.19. The van der Waals surface area contributed by atoms with E-state index in [-0.39, 0.29) is 11.6 Å². The first-order chi connectivity index (χ1) is 10.1. The number of aromatic nitrogens is 1. The van der Waals surface area contributed by atoms with Gasteiger partial charge in [0.15, 0.2) is 0 Å². The first-order valence-electron chi connectivity index (χ1n) is 6.86. The van der Waals surface area contributed by atoms with Gasteiger partial charge in [-0.1, -0.05) is 19.4 Å². The van der Waals surface area contributed by atoms with E-state index in [0.717, 1.165) is 18.9 Å². The van der Waals surface area contributed by atoms with E-state index in [4.69, 9.17) is 9.84 Å². The normalized spacial score (nSPS) is 10.7. The number of carboxylic acid groups (broad SMARTS) is 1. The van der Waals surface area contributed by atoms with Crippen molar-refractivity contribution in [3.63, 3.8) is 0 Å². The topological polar surface area (TPSA) is 88.5 Å². The Hall–Kier alpha value is -2.21. The molecule has 0 aliphatic heterocycles. The highest BCUT2D eigenvalue weighted by atomic mass is 16.5. The van der Waals surface area contributed by atoms with E-state index in [1.807, 2.05) is 0 Å². The van der Waals surface area contributed by atoms with Gasteiger partial charge in [0, 0.05) is 25.4 Å². The lowest BCUT2D eigenvalue weighted by Gasteiger charge is -2.05. The van der Waals surface area contributed by atoms with E-state index < -0.39 is 5.97 Å². The zero-order chi connectivity index (χ0) is 15.5. The molecule has 0 aliphatic rings. The van der Waals surface area contributed by atoms with E-state index in [2.05, 4.69) is 17.2 Å². The molecule has 0 bridgehead atoms. The standard InChI is InChI=1S/C15H20N2O4/c1-2-3-9-21-10-8-16-15(20)13-6-4-12(11-17-13)5-7-14(18)19/h4-7,11H,2-3,8-10H2,1H3,(H,16,20)(H,18,19). The Morgan fingerprint density at radius 1 is 1.38 bits per heavy atom. The number of amides is 1. The highest BCUT2D eigenvalue weighted by molar-refractivity contribution is 5.92. The van der Waals surface area contributed by atoms with Crippen LogP contribution in [0.15, 0.2) is 24.4 Å². The Balaban J connectivity index is 2.36. The summed E-state index contributed by atoms with van der Waals surface area (Å²) in [4.78, 5) is 26.1. The summed E-state index contributed by atoms with van der Waals surface area (Å²) in [5, 5.41) is 11.2. The Morgan fingerprint density at radius 2 is 2.19 bits per heavy atom. The van der Waals surface area contributed by atoms with Crippen LogP contribution in [-0.4, -0.2) is 41.7 Å². The smallest absolute Gasteiger partial charge is 0.328 e. The number of carboxylic acids is 1. The minimum atomic E-state index is -1.03. The van der Waals surface area contributed by atoms with Gasteiger partial charge in [-0.25, -0.2) is 4.79 Å². The van der Waals surface area contributed by atoms with Gasteiger partial charge >= 0.3 is 5.97 Å². The van der Waals surface area contributed by atoms with Crippen LogP contribution in [-0.2, 0) is 9.53 Å². The molecule has 0 fully saturated rings. The van der Waals surface area contributed by atoms with Crippen LogP contribution >= 0.6 is 0 Å². The number of pyridine rings is 1. The van der Waals surface area contributed by atoms with Crippen LogP contribution in [0.4, 0.5) is 0 Å². The van der Waals surface area contributed by atoms with Crippen LogP contribution in [0, 0.1) is 0 Å². The van der Waals surface area contributed by atoms with Crippen molar-refractivity contribution in [1.82, 2.24) is 10.3 Å². The molecule has 0 aliphatic carbocycles. The van der Waals surface area contributed by atoms with Gasteiger partial charge < -0.3 is 15.2 Å². The van der Waals surface area contributed by atoms with Crippen molar-refractivity contribution in [3.05, 3.63) is 35.7 Å². The summed E-state index contributed by atoms with van der Waals surface area (Å²) in [7, 11) is 0. The molecule has 0 unspecified atom stereocenters. The number of nitrogens with zero attached hydrogens (tertiary/aromatic N) is 1. The molecule has 1 aromatic rings. The summed E-state index contributed by atoms with van der Waals surface area (Å²) in [5.74, 6) is -1.30. The molecule has 0 saturated heterocycles. The van der Waals surface area contributed by atoms with Crippen LogP contribution in [0.5, 0.6) is 0 Å². The predicted octanol–water partition coefficient (Wildman–Crippen LogP) is 1.73. The van der Waals surface area contributed by atoms with Crippen molar-refractivity contribution in [1.29, 1.82) is 0 Å². The molecule has 2 N–H and O–H groups in total. The van der Waals surface area contributed by atoms with Gasteiger partial charge in [-0.3, -0.25) is 9.78 Å². The van der Waals surface area contributed by atoms with Gasteiger partial charge in [-0.2, -0.15) is 0 Å². The molecule has 0 saturated carbocycles. The third-order valence-corrected chi connectivity index (χ3v) is 2.61. The Morgan fingerprint density at radius 3 is 2.81 bits per heavy atom. The molecule has 0 spiro atoms. The van der Waals surface area contributed by atoms with Crippen LogP contribution in [0.1, 0.15) is 35.8 Å². The van der Waals surface area contributed by atoms with Crippen molar-refractivity contribution in [2.24, 2.45) is 0 Å². The van der Waals surface area contributed by atoms with E-state index in [1.54, 1.807) is 12.1 Å². The van der Waals surface area contributed by atoms with Gasteiger partial charge in [0.25, 0.3) is 5.91 Å². The summed E-state index contributed by atoms with van der Waals surface area (Å²) in [6.45, 7) is 3.71. The number of aliphatic carboxylic acids is 1. The van der Waals surface area contributed by atoms with E-state index >= 15 is 0 Å². The minimum absolute atomic E-state index is 0.275. The molecule has 114 valence electrons. The highest BCUT2D eigenvalue weighted by Gasteiger charge is 2.05. The fraction of sp³-hybridized carbons (Fsp3) is 0.400. The minimum Gasteiger partial charge on any atom is -0.478 e. The number of nitrogens with one attached hydrogen (secondary N) is 1. The quantitative estimate of drug-likeness (QED) is 0.534. The van der Waals surface area contributed by atoms with Crippen molar-refractivity contribution in [3.8, 4) is 0 Å². The lowest BCUT2D eigenvalue weighted by atomic mass is 10.2. The number of unbranched alkanes of at least 4 members (excludes halogenated alkanes) is 1. The zero-order valence-corrected chi connectivity index (χ0v) is 12.0. The summed E-state index contributed by atoms with van der Waals surface area (Å²) < 4.78 is 5.33. The lowest BCUT2D eigenvalue weighted by Crippen LogP contribution is -2.28. The van der Waals surface area contributed by atoms with Crippen molar-refractivity contribution >= 4 is 18.0 Å². The fourth-order valence-electron chi connectivity index (χ4n) is 1.48. The van der Waals surface area contributed by atoms with Gasteiger partial charge in [0.05, 0.1) is 6.61 Å². The van der Waals surface area contributed by atoms with E-state index in [1.165, 1.54) is 12.3 Å². The average Bonchev–Trinajstić information content (AvgIpc) is 2.49. The van der Waals surface area contributed by atoms with Gasteiger partial charge in [-0.15, -0.1) is 0 Å². The molecule has 0 radical (unpaired) electrons. The average molecular weight is 292 g/mol. The first-order valence-corrected chi connectivity index (χ1v) is 6.86. The SMILES string of the molecule is CCCCOCCNC(=O)c1ccc(C=CC(=O)O)cn1. The summed E-state index contributed by atoms with van der Waals surface area (Å²) in [6.07, 6.45) is 5.98. The summed E-state index contributed by atoms with van der Waals surface area (Å²) >= 11 is 0. The summed E-state index contributed by atoms with van der Waals surface area (Å²) in [5.41, 5.74) is 0.910. The molecule has 1 aromatic heterocycles. The molecule has 1 amide bonds. The Kier molecular flexibility index (Phi) is 7.74. The number of rotatable bonds is 9. The molecule has 1 heterocycles. The molecule has 6 heteroatoms. The number of carbonyl (C=O) groups is 2. The monoisotopic (exact) mass is 292 g/mol. The van der Waals surface area contributed by atoms with Crippen molar-refractivity contribution < 1.29 is 19.4 Å². The second kappa shape index (κ2) is 9.66. The van der Waals surface area contributed by atoms with Crippen molar-refractivity contribution in [2.75, 3.05) is 19.8 Å². The second-order valence-corrected chi connectivity index (χ2v) is 4.37. The third kappa shape index (κ3) is 7.22. The maximum atomic E-state index is 11.8. The van der Waals surface area contributed by atoms with Crippen LogP contribution in [0.25, 0.3) is 6.08 Å². The molecule has 0 aromatic carbocycles. The maximum Gasteiger partial charge on any atom is 0.328 e. The van der Waals surface area contributed by atoms with E-state index in [9.17, 15) is 9.59 Å². The maximum absolute atomic E-state index is 11.8. The fourth-order valence-corrected chi connectivity index (χ4v) is 1.48. The molecule has 1 rings (SSSR count). The number of carbonyl (C=O) groups excluding carboxylic acids is 1. The Labute approximate surface area is 123 Å². The predicted molar refractivity (Wildman–Crippen MR) is 79.0 cm³/mol. The second-order valence-electron chi connectivity index (χ2n) is 4.37. The molecular formula is C15H20N2O4. The number of hydrogen-bond donors (Lipinski definition) is 2. The van der Waals surface area contributed by atoms with Crippen LogP contribution in [0.3, 0.4) is 0 Å². The highest BCUT2D eigenvalue weighted by Crippen LogP contribution is 2.02. The zero-order valence-electron chi connectivity index (χ0n) is 12.0. The Bertz CT molecular complexity index is 483. The molecule has 6 nitrogen and oxygen atoms in total. The molecule has 21 heavy (non-hydrogen) atoms. The lowest BCUT2D eigenvalue weighted by molar-refractivity contribution is -0.131. The van der Waals surface area contributed by atoms with Crippen LogP contribution < -0.4 is 5.32 Å². The van der Waals surface area contributed by atoms with Crippen molar-refractivity contribution in [2.45, 2.75) is 19.8 Å². The van der Waals surface area contributed by atoms with Gasteiger partial charge in [-0.05, 0) is 24.1 Å². The van der Waals surface area contributed by atoms with E-state index in [0.29, 0.717) is 25.3 Å². The molecule has 0 atom stereocenters. The molecular weight excluding hydrogens is 272 g/mol. The first kappa shape index (κ1) is 16.8. The number of hydrogen-bond acceptors (Lipinski definition) is 4. The van der Waals surface area contributed by atoms with Gasteiger partial charge in [0.2, 0.25) is 0 Å². The third-order valence-electron chi connectivity index (χ3n) is 2.61. The van der Waals surface area contributed by atoms with Crippen LogP contribution in [0.2, 0.25) is 0 Å². The van der Waals surface area contributed by atoms with Gasteiger partial charge in [0.1, 0.15) is 5.69 Å².